The highest BCUT2D eigenvalue weighted by molar-refractivity contribution is 6.28. The van der Waals surface area contributed by atoms with Gasteiger partial charge >= 0.3 is 0 Å². The van der Waals surface area contributed by atoms with Gasteiger partial charge < -0.3 is 21.3 Å². The second-order valence-corrected chi connectivity index (χ2v) is 9.97. The fraction of sp³-hybridized carbons (Fsp3) is 0.500. The minimum atomic E-state index is 0.147. The molecule has 5 rings (SSSR count). The van der Waals surface area contributed by atoms with Crippen molar-refractivity contribution in [2.75, 3.05) is 21.3 Å². The van der Waals surface area contributed by atoms with E-state index in [1.807, 2.05) is 24.3 Å². The Morgan fingerprint density at radius 1 is 0.500 bits per heavy atom. The average molecular weight is 529 g/mol. The van der Waals surface area contributed by atoms with Crippen molar-refractivity contribution in [3.05, 3.63) is 34.8 Å². The van der Waals surface area contributed by atoms with Gasteiger partial charge in [-0.3, -0.25) is 0 Å². The number of benzene rings is 1. The number of rotatable bonds is 8. The molecule has 4 N–H and O–H groups in total. The first-order valence-corrected chi connectivity index (χ1v) is 13.3. The molecule has 0 saturated heterocycles. The Labute approximate surface area is 220 Å². The fourth-order valence-electron chi connectivity index (χ4n) is 4.70. The molecule has 0 atom stereocenters. The second-order valence-electron chi connectivity index (χ2n) is 9.29. The summed E-state index contributed by atoms with van der Waals surface area (Å²) < 4.78 is 0. The third kappa shape index (κ3) is 7.04. The molecule has 2 heterocycles. The van der Waals surface area contributed by atoms with Crippen LogP contribution < -0.4 is 21.3 Å². The molecule has 2 aromatic heterocycles. The van der Waals surface area contributed by atoms with E-state index in [0.717, 1.165) is 37.1 Å². The summed E-state index contributed by atoms with van der Waals surface area (Å²) in [5, 5.41) is 13.4. The Morgan fingerprint density at radius 2 is 0.861 bits per heavy atom. The van der Waals surface area contributed by atoms with Crippen molar-refractivity contribution in [3.63, 3.8) is 0 Å². The van der Waals surface area contributed by atoms with E-state index >= 15 is 0 Å². The SMILES string of the molecule is Clc1nc(Nc2ccc(Nc3nc(Cl)nc(NC4CCCCC4)n3)cc2)nc(NC2CCCCC2)n1. The third-order valence-corrected chi connectivity index (χ3v) is 6.83. The predicted octanol–water partition coefficient (Wildman–Crippen LogP) is 6.34. The molecule has 3 aromatic rings. The van der Waals surface area contributed by atoms with Gasteiger partial charge in [-0.05, 0) is 73.2 Å². The van der Waals surface area contributed by atoms with Gasteiger partial charge in [-0.1, -0.05) is 38.5 Å². The van der Waals surface area contributed by atoms with Crippen LogP contribution in [0.4, 0.5) is 35.2 Å². The van der Waals surface area contributed by atoms with E-state index in [0.29, 0.717) is 35.9 Å². The van der Waals surface area contributed by atoms with Crippen molar-refractivity contribution in [1.82, 2.24) is 29.9 Å². The second kappa shape index (κ2) is 11.8. The summed E-state index contributed by atoms with van der Waals surface area (Å²) in [5.41, 5.74) is 1.61. The third-order valence-electron chi connectivity index (χ3n) is 6.49. The van der Waals surface area contributed by atoms with Crippen molar-refractivity contribution in [2.24, 2.45) is 0 Å². The number of halogens is 2. The van der Waals surface area contributed by atoms with Crippen LogP contribution in [-0.2, 0) is 0 Å². The molecular formula is C24H30Cl2N10. The Hall–Kier alpha value is -2.98. The zero-order valence-electron chi connectivity index (χ0n) is 20.0. The molecule has 0 unspecified atom stereocenters. The molecule has 2 saturated carbocycles. The van der Waals surface area contributed by atoms with Gasteiger partial charge in [0.1, 0.15) is 0 Å². The highest BCUT2D eigenvalue weighted by atomic mass is 35.5. The lowest BCUT2D eigenvalue weighted by Gasteiger charge is -2.22. The van der Waals surface area contributed by atoms with Crippen LogP contribution in [0.1, 0.15) is 64.2 Å². The van der Waals surface area contributed by atoms with Gasteiger partial charge in [0.25, 0.3) is 0 Å². The van der Waals surface area contributed by atoms with Crippen molar-refractivity contribution < 1.29 is 0 Å². The molecule has 0 bridgehead atoms. The van der Waals surface area contributed by atoms with Crippen LogP contribution >= 0.6 is 23.2 Å². The molecule has 0 radical (unpaired) electrons. The molecular weight excluding hydrogens is 499 g/mol. The Kier molecular flexibility index (Phi) is 8.12. The molecule has 0 spiro atoms. The van der Waals surface area contributed by atoms with Crippen molar-refractivity contribution in [1.29, 1.82) is 0 Å². The lowest BCUT2D eigenvalue weighted by molar-refractivity contribution is 0.460. The Balaban J connectivity index is 1.21. The average Bonchev–Trinajstić information content (AvgIpc) is 2.86. The molecule has 10 nitrogen and oxygen atoms in total. The van der Waals surface area contributed by atoms with E-state index in [1.54, 1.807) is 0 Å². The normalized spacial score (nSPS) is 16.9. The van der Waals surface area contributed by atoms with Crippen LogP contribution in [0.2, 0.25) is 10.6 Å². The smallest absolute Gasteiger partial charge is 0.233 e. The first-order chi connectivity index (χ1) is 17.6. The molecule has 36 heavy (non-hydrogen) atoms. The molecule has 12 heteroatoms. The molecule has 2 aliphatic rings. The summed E-state index contributed by atoms with van der Waals surface area (Å²) in [6.07, 6.45) is 11.9. The predicted molar refractivity (Wildman–Crippen MR) is 144 cm³/mol. The van der Waals surface area contributed by atoms with Crippen LogP contribution in [0.15, 0.2) is 24.3 Å². The quantitative estimate of drug-likeness (QED) is 0.263. The minimum Gasteiger partial charge on any atom is -0.351 e. The van der Waals surface area contributed by atoms with E-state index in [9.17, 15) is 0 Å². The van der Waals surface area contributed by atoms with Gasteiger partial charge in [0.2, 0.25) is 34.4 Å². The minimum absolute atomic E-state index is 0.147. The summed E-state index contributed by atoms with van der Waals surface area (Å²) in [7, 11) is 0. The zero-order chi connectivity index (χ0) is 24.7. The number of hydrogen-bond donors (Lipinski definition) is 4. The van der Waals surface area contributed by atoms with Crippen molar-refractivity contribution in [2.45, 2.75) is 76.3 Å². The van der Waals surface area contributed by atoms with Gasteiger partial charge in [0.15, 0.2) is 0 Å². The monoisotopic (exact) mass is 528 g/mol. The number of nitrogens with one attached hydrogen (secondary N) is 4. The van der Waals surface area contributed by atoms with Gasteiger partial charge in [0, 0.05) is 23.5 Å². The number of hydrogen-bond acceptors (Lipinski definition) is 10. The lowest BCUT2D eigenvalue weighted by atomic mass is 9.96. The highest BCUT2D eigenvalue weighted by Crippen LogP contribution is 2.24. The standard InChI is InChI=1S/C24H30Cl2N10/c25-19-31-21(27-15-7-3-1-4-8-15)35-23(33-19)29-17-11-13-18(14-12-17)30-24-34-20(26)32-22(36-24)28-16-9-5-2-6-10-16/h11-16H,1-10H2,(H2,27,29,31,33,35)(H2,28,30,32,34,36). The van der Waals surface area contributed by atoms with Crippen LogP contribution in [0, 0.1) is 0 Å². The maximum Gasteiger partial charge on any atom is 0.233 e. The van der Waals surface area contributed by atoms with Crippen molar-refractivity contribution in [3.8, 4) is 0 Å². The van der Waals surface area contributed by atoms with Gasteiger partial charge in [0.05, 0.1) is 0 Å². The number of aromatic nitrogens is 6. The topological polar surface area (TPSA) is 125 Å². The Morgan fingerprint density at radius 3 is 1.25 bits per heavy atom. The van der Waals surface area contributed by atoms with E-state index < -0.39 is 0 Å². The van der Waals surface area contributed by atoms with Crippen LogP contribution in [0.25, 0.3) is 0 Å². The van der Waals surface area contributed by atoms with E-state index in [1.165, 1.54) is 38.5 Å². The zero-order valence-corrected chi connectivity index (χ0v) is 21.5. The summed E-state index contributed by atoms with van der Waals surface area (Å²) in [6.45, 7) is 0. The van der Waals surface area contributed by atoms with E-state index in [4.69, 9.17) is 23.2 Å². The van der Waals surface area contributed by atoms with Crippen molar-refractivity contribution >= 4 is 58.4 Å². The first-order valence-electron chi connectivity index (χ1n) is 12.6. The lowest BCUT2D eigenvalue weighted by Crippen LogP contribution is -2.23. The summed E-state index contributed by atoms with van der Waals surface area (Å²) >= 11 is 12.3. The molecule has 2 fully saturated rings. The molecule has 190 valence electrons. The summed E-state index contributed by atoms with van der Waals surface area (Å²) in [5.74, 6) is 1.76. The first kappa shape index (κ1) is 24.7. The van der Waals surface area contributed by atoms with Gasteiger partial charge in [-0.2, -0.15) is 29.9 Å². The maximum absolute atomic E-state index is 6.15. The largest absolute Gasteiger partial charge is 0.351 e. The van der Waals surface area contributed by atoms with Crippen LogP contribution in [0.3, 0.4) is 0 Å². The van der Waals surface area contributed by atoms with Crippen LogP contribution in [0.5, 0.6) is 0 Å². The highest BCUT2D eigenvalue weighted by Gasteiger charge is 2.17. The number of nitrogens with zero attached hydrogens (tertiary/aromatic N) is 6. The summed E-state index contributed by atoms with van der Waals surface area (Å²) in [6, 6.07) is 8.35. The molecule has 0 amide bonds. The Bertz CT molecular complexity index is 1060. The van der Waals surface area contributed by atoms with Gasteiger partial charge in [-0.25, -0.2) is 0 Å². The molecule has 2 aliphatic carbocycles. The van der Waals surface area contributed by atoms with Gasteiger partial charge in [-0.15, -0.1) is 0 Å². The van der Waals surface area contributed by atoms with E-state index in [2.05, 4.69) is 51.2 Å². The van der Waals surface area contributed by atoms with E-state index in [-0.39, 0.29) is 10.6 Å². The fourth-order valence-corrected chi connectivity index (χ4v) is 5.02. The van der Waals surface area contributed by atoms with Crippen LogP contribution in [-0.4, -0.2) is 42.0 Å². The molecule has 1 aromatic carbocycles. The molecule has 0 aliphatic heterocycles. The summed E-state index contributed by atoms with van der Waals surface area (Å²) in [4.78, 5) is 25.8. The number of anilines is 6. The maximum atomic E-state index is 6.15.